The molecule has 1 aliphatic heterocycles. The van der Waals surface area contributed by atoms with E-state index >= 15 is 0 Å². The first-order valence-electron chi connectivity index (χ1n) is 8.79. The van der Waals surface area contributed by atoms with Crippen LogP contribution in [0.3, 0.4) is 0 Å². The SMILES string of the molecule is CC1=NN(c2c(F)c(F)c(F)c(F)c2F)C(=O)/C1=C\c1ccc(-c2cccc(Cl)c2Cl)o1. The number of rotatable bonds is 3. The Hall–Kier alpha value is -3.17. The van der Waals surface area contributed by atoms with E-state index in [2.05, 4.69) is 5.10 Å². The van der Waals surface area contributed by atoms with Crippen LogP contribution in [0.2, 0.25) is 10.0 Å². The first kappa shape index (κ1) is 22.0. The molecule has 4 rings (SSSR count). The predicted molar refractivity (Wildman–Crippen MR) is 109 cm³/mol. The molecule has 1 aliphatic rings. The van der Waals surface area contributed by atoms with Crippen LogP contribution in [-0.2, 0) is 4.79 Å². The summed E-state index contributed by atoms with van der Waals surface area (Å²) in [6, 6.07) is 7.94. The summed E-state index contributed by atoms with van der Waals surface area (Å²) < 4.78 is 74.3. The fourth-order valence-corrected chi connectivity index (χ4v) is 3.42. The zero-order chi connectivity index (χ0) is 23.3. The second kappa shape index (κ2) is 8.07. The van der Waals surface area contributed by atoms with E-state index in [1.165, 1.54) is 19.1 Å². The van der Waals surface area contributed by atoms with Crippen LogP contribution in [0.5, 0.6) is 0 Å². The van der Waals surface area contributed by atoms with Crippen LogP contribution in [-0.4, -0.2) is 11.6 Å². The third kappa shape index (κ3) is 3.47. The number of hydrazone groups is 1. The maximum absolute atomic E-state index is 14.1. The third-order valence-electron chi connectivity index (χ3n) is 4.59. The minimum Gasteiger partial charge on any atom is -0.457 e. The summed E-state index contributed by atoms with van der Waals surface area (Å²) in [6.45, 7) is 1.33. The van der Waals surface area contributed by atoms with Gasteiger partial charge in [0.2, 0.25) is 5.82 Å². The highest BCUT2D eigenvalue weighted by molar-refractivity contribution is 6.43. The van der Waals surface area contributed by atoms with Crippen LogP contribution >= 0.6 is 23.2 Å². The summed E-state index contributed by atoms with van der Waals surface area (Å²) in [6.07, 6.45) is 1.22. The fourth-order valence-electron chi connectivity index (χ4n) is 3.03. The van der Waals surface area contributed by atoms with Gasteiger partial charge in [0.1, 0.15) is 17.2 Å². The lowest BCUT2D eigenvalue weighted by Crippen LogP contribution is -2.25. The van der Waals surface area contributed by atoms with Gasteiger partial charge in [-0.3, -0.25) is 4.79 Å². The van der Waals surface area contributed by atoms with Crippen LogP contribution in [0, 0.1) is 29.1 Å². The fraction of sp³-hybridized carbons (Fsp3) is 0.0476. The summed E-state index contributed by atoms with van der Waals surface area (Å²) in [5.74, 6) is -11.7. The summed E-state index contributed by atoms with van der Waals surface area (Å²) >= 11 is 12.1. The molecule has 0 atom stereocenters. The van der Waals surface area contributed by atoms with Crippen molar-refractivity contribution < 1.29 is 31.2 Å². The van der Waals surface area contributed by atoms with Crippen molar-refractivity contribution >= 4 is 46.6 Å². The molecule has 0 fully saturated rings. The molecule has 0 aliphatic carbocycles. The first-order chi connectivity index (χ1) is 15.1. The molecule has 0 spiro atoms. The van der Waals surface area contributed by atoms with E-state index in [1.807, 2.05) is 0 Å². The Kier molecular flexibility index (Phi) is 5.56. The van der Waals surface area contributed by atoms with Gasteiger partial charge >= 0.3 is 0 Å². The number of carbonyl (C=O) groups excluding carboxylic acids is 1. The molecular weight excluding hydrogens is 478 g/mol. The maximum atomic E-state index is 14.1. The van der Waals surface area contributed by atoms with Gasteiger partial charge in [0.05, 0.1) is 21.3 Å². The molecule has 4 nitrogen and oxygen atoms in total. The molecule has 0 saturated carbocycles. The lowest BCUT2D eigenvalue weighted by molar-refractivity contribution is -0.114. The number of hydrogen-bond acceptors (Lipinski definition) is 3. The molecule has 164 valence electrons. The number of anilines is 1. The van der Waals surface area contributed by atoms with Crippen molar-refractivity contribution in [1.82, 2.24) is 0 Å². The molecular formula is C21H9Cl2F5N2O2. The van der Waals surface area contributed by atoms with Crippen molar-refractivity contribution in [3.63, 3.8) is 0 Å². The van der Waals surface area contributed by atoms with Gasteiger partial charge in [-0.05, 0) is 37.3 Å². The zero-order valence-electron chi connectivity index (χ0n) is 15.8. The number of hydrogen-bond donors (Lipinski definition) is 0. The van der Waals surface area contributed by atoms with Crippen LogP contribution in [0.25, 0.3) is 17.4 Å². The van der Waals surface area contributed by atoms with Gasteiger partial charge in [0.25, 0.3) is 5.91 Å². The topological polar surface area (TPSA) is 45.8 Å². The second-order valence-corrected chi connectivity index (χ2v) is 7.37. The zero-order valence-corrected chi connectivity index (χ0v) is 17.3. The highest BCUT2D eigenvalue weighted by Crippen LogP contribution is 2.36. The molecule has 0 bridgehead atoms. The molecule has 2 heterocycles. The minimum atomic E-state index is -2.34. The van der Waals surface area contributed by atoms with Crippen LogP contribution in [0.4, 0.5) is 27.6 Å². The smallest absolute Gasteiger partial charge is 0.280 e. The van der Waals surface area contributed by atoms with Gasteiger partial charge in [-0.2, -0.15) is 10.1 Å². The molecule has 11 heteroatoms. The van der Waals surface area contributed by atoms with Crippen molar-refractivity contribution in [2.75, 3.05) is 5.01 Å². The van der Waals surface area contributed by atoms with Gasteiger partial charge in [0.15, 0.2) is 23.3 Å². The monoisotopic (exact) mass is 486 g/mol. The Labute approximate surface area is 187 Å². The number of amides is 1. The highest BCUT2D eigenvalue weighted by atomic mass is 35.5. The molecule has 1 aromatic heterocycles. The molecule has 2 aromatic carbocycles. The van der Waals surface area contributed by atoms with E-state index in [1.54, 1.807) is 24.3 Å². The van der Waals surface area contributed by atoms with Crippen LogP contribution in [0.15, 0.2) is 45.4 Å². The van der Waals surface area contributed by atoms with Gasteiger partial charge in [-0.15, -0.1) is 0 Å². The lowest BCUT2D eigenvalue weighted by Gasteiger charge is -2.14. The van der Waals surface area contributed by atoms with E-state index in [0.717, 1.165) is 0 Å². The van der Waals surface area contributed by atoms with E-state index in [9.17, 15) is 26.7 Å². The predicted octanol–water partition coefficient (Wildman–Crippen LogP) is 6.76. The second-order valence-electron chi connectivity index (χ2n) is 6.58. The Morgan fingerprint density at radius 2 is 1.56 bits per heavy atom. The largest absolute Gasteiger partial charge is 0.457 e. The van der Waals surface area contributed by atoms with Crippen molar-refractivity contribution in [2.24, 2.45) is 5.10 Å². The van der Waals surface area contributed by atoms with Crippen molar-refractivity contribution in [1.29, 1.82) is 0 Å². The van der Waals surface area contributed by atoms with E-state index in [4.69, 9.17) is 27.6 Å². The van der Waals surface area contributed by atoms with Crippen molar-refractivity contribution in [3.05, 3.63) is 80.8 Å². The Balaban J connectivity index is 1.72. The number of nitrogens with zero attached hydrogens (tertiary/aromatic N) is 2. The number of furan rings is 1. The average Bonchev–Trinajstić information content (AvgIpc) is 3.33. The normalized spacial score (nSPS) is 15.1. The molecule has 0 saturated heterocycles. The van der Waals surface area contributed by atoms with Crippen molar-refractivity contribution in [2.45, 2.75) is 6.92 Å². The van der Waals surface area contributed by atoms with E-state index in [0.29, 0.717) is 16.3 Å². The molecule has 32 heavy (non-hydrogen) atoms. The quantitative estimate of drug-likeness (QED) is 0.178. The first-order valence-corrected chi connectivity index (χ1v) is 9.54. The Morgan fingerprint density at radius 3 is 2.22 bits per heavy atom. The van der Waals surface area contributed by atoms with Crippen LogP contribution in [0.1, 0.15) is 12.7 Å². The molecule has 0 unspecified atom stereocenters. The average molecular weight is 487 g/mol. The summed E-state index contributed by atoms with van der Waals surface area (Å²) in [7, 11) is 0. The van der Waals surface area contributed by atoms with Gasteiger partial charge in [0, 0.05) is 5.56 Å². The Morgan fingerprint density at radius 1 is 0.938 bits per heavy atom. The number of benzene rings is 2. The molecule has 0 N–H and O–H groups in total. The molecule has 3 aromatic rings. The minimum absolute atomic E-state index is 0.0299. The molecule has 1 amide bonds. The summed E-state index contributed by atoms with van der Waals surface area (Å²) in [5, 5.41) is 4.32. The van der Waals surface area contributed by atoms with Gasteiger partial charge in [-0.1, -0.05) is 29.3 Å². The Bertz CT molecular complexity index is 1320. The molecule has 0 radical (unpaired) electrons. The van der Waals surface area contributed by atoms with Crippen molar-refractivity contribution in [3.8, 4) is 11.3 Å². The highest BCUT2D eigenvalue weighted by Gasteiger charge is 2.37. The standard InChI is InChI=1S/C21H9Cl2F5N2O2/c1-8-11(7-9-5-6-13(32-9)10-3-2-4-12(22)14(10)23)21(31)30(29-8)20-18(27)16(25)15(24)17(26)19(20)28/h2-7H,1H3/b11-7-. The van der Waals surface area contributed by atoms with Gasteiger partial charge < -0.3 is 4.42 Å². The summed E-state index contributed by atoms with van der Waals surface area (Å²) in [4.78, 5) is 12.7. The number of halogens is 7. The third-order valence-corrected chi connectivity index (χ3v) is 5.41. The van der Waals surface area contributed by atoms with Crippen LogP contribution < -0.4 is 5.01 Å². The van der Waals surface area contributed by atoms with Gasteiger partial charge in [-0.25, -0.2) is 22.0 Å². The maximum Gasteiger partial charge on any atom is 0.280 e. The summed E-state index contributed by atoms with van der Waals surface area (Å²) in [5.41, 5.74) is -1.19. The van der Waals surface area contributed by atoms with E-state index in [-0.39, 0.29) is 27.1 Å². The number of carbonyl (C=O) groups is 1. The van der Waals surface area contributed by atoms with E-state index < -0.39 is 40.7 Å². The lowest BCUT2D eigenvalue weighted by atomic mass is 10.1.